The fourth-order valence-electron chi connectivity index (χ4n) is 14.1. The molecule has 6 heterocycles. The SMILES string of the molecule is CC(C)(C)OC(=O)N[C@H]1CCOCC/C=C\[C@@H]2C[C@@]2(C(=O)NS(=O)(=O)C2CC2)NC(=O)[C@@H]2C[C@@H](OC(=O)N3Cc4cccc(F)c4C3)CN2C1=O.CC(C)(C)OC(=O)N[C@H]1CCOCCCC[C@@H]2C[C@@]2(C(=O)NS(=O)(=O)C2CC2)NC(=O)[C@@H]2C[C@@H](OC(=O)N3Cc4cccc(F)c4C3)CN2C1=O.NS(=O)(=O)C1CC1. The highest BCUT2D eigenvalue weighted by Gasteiger charge is 2.64. The van der Waals surface area contributed by atoms with E-state index in [0.717, 1.165) is 12.8 Å². The van der Waals surface area contributed by atoms with Crippen molar-refractivity contribution in [1.82, 2.24) is 50.3 Å². The number of hydrogen-bond acceptors (Lipinski definition) is 22. The number of fused-ring (bicyclic) bond motifs is 6. The number of benzene rings is 2. The van der Waals surface area contributed by atoms with Crippen LogP contribution in [-0.2, 0) is 113 Å². The van der Waals surface area contributed by atoms with E-state index in [1.807, 2.05) is 0 Å². The molecule has 2 aromatic carbocycles. The Morgan fingerprint density at radius 2 is 1.00 bits per heavy atom. The predicted molar refractivity (Wildman–Crippen MR) is 381 cm³/mol. The van der Waals surface area contributed by atoms with Crippen molar-refractivity contribution in [1.29, 1.82) is 0 Å². The molecule has 0 unspecified atom stereocenters. The molecule has 600 valence electrons. The maximum atomic E-state index is 14.4. The van der Waals surface area contributed by atoms with Gasteiger partial charge in [-0.15, -0.1) is 0 Å². The first-order valence-corrected chi connectivity index (χ1v) is 41.6. The van der Waals surface area contributed by atoms with Gasteiger partial charge in [0.05, 0.1) is 48.5 Å². The topological polar surface area (TPSA) is 440 Å². The summed E-state index contributed by atoms with van der Waals surface area (Å²) in [4.78, 5) is 141. The fraction of sp³-hybridized carbons (Fsp3) is 0.662. The van der Waals surface area contributed by atoms with E-state index < -0.39 is 177 Å². The number of carbonyl (C=O) groups excluding carboxylic acids is 10. The van der Waals surface area contributed by atoms with Crippen LogP contribution < -0.4 is 35.9 Å². The van der Waals surface area contributed by atoms with Crippen LogP contribution in [0.3, 0.4) is 0 Å². The second-order valence-electron chi connectivity index (χ2n) is 31.6. The molecule has 38 heteroatoms. The lowest BCUT2D eigenvalue weighted by Crippen LogP contribution is -2.58. The molecular formula is C71H97F2N11O22S3. The number of nitrogens with one attached hydrogen (secondary N) is 6. The lowest BCUT2D eigenvalue weighted by Gasteiger charge is -2.30. The average Bonchev–Trinajstić information content (AvgIpc) is 1.58. The number of hydrogen-bond donors (Lipinski definition) is 7. The molecule has 109 heavy (non-hydrogen) atoms. The third-order valence-corrected chi connectivity index (χ3v) is 25.6. The third kappa shape index (κ3) is 20.6. The highest BCUT2D eigenvalue weighted by atomic mass is 32.2. The molecule has 33 nitrogen and oxygen atoms in total. The minimum Gasteiger partial charge on any atom is -0.444 e. The average molecular weight is 1590 g/mol. The molecule has 2 aromatic rings. The Kier molecular flexibility index (Phi) is 24.4. The van der Waals surface area contributed by atoms with Crippen LogP contribution in [0.1, 0.15) is 167 Å². The molecule has 5 aliphatic carbocycles. The van der Waals surface area contributed by atoms with Crippen LogP contribution in [-0.4, -0.2) is 219 Å². The first-order chi connectivity index (χ1) is 51.2. The van der Waals surface area contributed by atoms with E-state index in [2.05, 4.69) is 30.7 Å². The van der Waals surface area contributed by atoms with Crippen molar-refractivity contribution in [2.24, 2.45) is 17.0 Å². The molecule has 8 N–H and O–H groups in total. The zero-order valence-corrected chi connectivity index (χ0v) is 64.1. The minimum atomic E-state index is -3.94. The van der Waals surface area contributed by atoms with Gasteiger partial charge in [0, 0.05) is 75.6 Å². The summed E-state index contributed by atoms with van der Waals surface area (Å²) in [7, 11) is -11.0. The number of rotatable bonds is 11. The highest BCUT2D eigenvalue weighted by Crippen LogP contribution is 2.49. The van der Waals surface area contributed by atoms with Crippen LogP contribution >= 0.6 is 0 Å². The van der Waals surface area contributed by atoms with Crippen LogP contribution in [0.2, 0.25) is 0 Å². The number of sulfonamides is 3. The number of amides is 10. The maximum Gasteiger partial charge on any atom is 0.410 e. The Balaban J connectivity index is 0.000000198. The van der Waals surface area contributed by atoms with Gasteiger partial charge >= 0.3 is 24.4 Å². The van der Waals surface area contributed by atoms with E-state index in [1.165, 1.54) is 31.7 Å². The lowest BCUT2D eigenvalue weighted by molar-refractivity contribution is -0.141. The second-order valence-corrected chi connectivity index (χ2v) is 37.4. The molecule has 10 atom stereocenters. The third-order valence-electron chi connectivity index (χ3n) is 20.6. The summed E-state index contributed by atoms with van der Waals surface area (Å²) in [6, 6.07) is 4.26. The maximum absolute atomic E-state index is 14.4. The molecule has 3 saturated heterocycles. The van der Waals surface area contributed by atoms with Gasteiger partial charge in [-0.2, -0.15) is 0 Å². The Hall–Kier alpha value is -8.33. The molecule has 8 fully saturated rings. The van der Waals surface area contributed by atoms with Crippen molar-refractivity contribution in [2.45, 2.75) is 245 Å². The number of nitrogens with zero attached hydrogens (tertiary/aromatic N) is 4. The van der Waals surface area contributed by atoms with E-state index in [4.69, 9.17) is 33.6 Å². The van der Waals surface area contributed by atoms with Crippen LogP contribution in [0.15, 0.2) is 48.6 Å². The Morgan fingerprint density at radius 1 is 0.560 bits per heavy atom. The van der Waals surface area contributed by atoms with Gasteiger partial charge in [0.1, 0.15) is 70.3 Å². The van der Waals surface area contributed by atoms with Gasteiger partial charge in [-0.25, -0.2) is 58.4 Å². The number of carbonyl (C=O) groups is 10. The summed E-state index contributed by atoms with van der Waals surface area (Å²) >= 11 is 0. The standard InChI is InChI=1S/C34H46FN5O10S.C34H44FN5O10S.C3H7NO2S/c2*1-33(2,3)50-31(44)36-26-12-14-48-13-5-4-8-21-16-34(21,30(43)38-51(46,47)23-10-11-23)37-28(41)27-15-22(18-40(27)29(26)42)49-32(45)39-17-20-7-6-9-25(35)24(20)19-39;4-7(5,6)3-1-2-3/h6-7,9,21-23,26-27H,4-5,8,10-19H2,1-3H3,(H,36,44)(H,37,41)(H,38,43);4,6-9,21-23,26-27H,5,10-19H2,1-3H3,(H,36,44)(H,37,41)(H,38,43);3H,1-2H2,(H2,4,5,6)/b;8-4-;/t2*21-,22-,26+,27+,34-;/m11./s1. The minimum absolute atomic E-state index is 0.00914. The normalized spacial score (nSPS) is 28.4. The van der Waals surface area contributed by atoms with E-state index in [0.29, 0.717) is 80.2 Å². The molecule has 10 amide bonds. The Morgan fingerprint density at radius 3 is 1.42 bits per heavy atom. The summed E-state index contributed by atoms with van der Waals surface area (Å²) in [5.74, 6) is -6.26. The quantitative estimate of drug-likeness (QED) is 0.125. The zero-order chi connectivity index (χ0) is 78.9. The summed E-state index contributed by atoms with van der Waals surface area (Å²) in [6.07, 6.45) is 3.94. The van der Waals surface area contributed by atoms with Crippen molar-refractivity contribution in [3.8, 4) is 0 Å². The summed E-state index contributed by atoms with van der Waals surface area (Å²) in [6.45, 7) is 10.6. The summed E-state index contributed by atoms with van der Waals surface area (Å²) < 4.78 is 138. The van der Waals surface area contributed by atoms with Gasteiger partial charge in [0.15, 0.2) is 0 Å². The predicted octanol–water partition coefficient (Wildman–Crippen LogP) is 3.64. The van der Waals surface area contributed by atoms with Gasteiger partial charge < -0.3 is 59.5 Å². The highest BCUT2D eigenvalue weighted by molar-refractivity contribution is 7.91. The molecule has 6 aliphatic heterocycles. The summed E-state index contributed by atoms with van der Waals surface area (Å²) in [5, 5.41) is 13.9. The van der Waals surface area contributed by atoms with Gasteiger partial charge in [0.25, 0.3) is 11.8 Å². The number of primary sulfonamides is 1. The molecule has 11 aliphatic rings. The Labute approximate surface area is 631 Å². The van der Waals surface area contributed by atoms with Crippen LogP contribution in [0.4, 0.5) is 28.0 Å². The first kappa shape index (κ1) is 81.7. The molecule has 13 rings (SSSR count). The van der Waals surface area contributed by atoms with Crippen LogP contribution in [0, 0.1) is 23.5 Å². The van der Waals surface area contributed by atoms with Gasteiger partial charge in [-0.05, 0) is 141 Å². The summed E-state index contributed by atoms with van der Waals surface area (Å²) in [5.41, 5.74) is -2.80. The van der Waals surface area contributed by atoms with E-state index in [9.17, 15) is 82.0 Å². The van der Waals surface area contributed by atoms with Gasteiger partial charge in [0.2, 0.25) is 53.7 Å². The first-order valence-electron chi connectivity index (χ1n) is 36.9. The monoisotopic (exact) mass is 1590 g/mol. The fourth-order valence-corrected chi connectivity index (χ4v) is 17.7. The second kappa shape index (κ2) is 32.5. The molecule has 5 saturated carbocycles. The zero-order valence-electron chi connectivity index (χ0n) is 61.7. The van der Waals surface area contributed by atoms with Crippen molar-refractivity contribution in [3.63, 3.8) is 0 Å². The largest absolute Gasteiger partial charge is 0.444 e. The van der Waals surface area contributed by atoms with Gasteiger partial charge in [-0.3, -0.25) is 48.0 Å². The molecule has 0 bridgehead atoms. The number of nitrogens with two attached hydrogens (primary N) is 1. The lowest BCUT2D eigenvalue weighted by atomic mass is 10.1. The van der Waals surface area contributed by atoms with E-state index >= 15 is 0 Å². The van der Waals surface area contributed by atoms with E-state index in [-0.39, 0.29) is 109 Å². The van der Waals surface area contributed by atoms with E-state index in [1.54, 1.807) is 78.0 Å². The number of alkyl carbamates (subject to hydrolysis) is 2. The number of ether oxygens (including phenoxy) is 6. The molecule has 0 aromatic heterocycles. The smallest absolute Gasteiger partial charge is 0.410 e. The van der Waals surface area contributed by atoms with Crippen molar-refractivity contribution < 1.29 is 110 Å². The number of halogens is 2. The van der Waals surface area contributed by atoms with Crippen LogP contribution in [0.5, 0.6) is 0 Å². The van der Waals surface area contributed by atoms with Crippen molar-refractivity contribution in [3.05, 3.63) is 82.4 Å². The van der Waals surface area contributed by atoms with Crippen molar-refractivity contribution in [2.75, 3.05) is 39.5 Å². The molecule has 0 spiro atoms. The Bertz CT molecular complexity index is 4260. The van der Waals surface area contributed by atoms with Crippen LogP contribution in [0.25, 0.3) is 0 Å². The van der Waals surface area contributed by atoms with Gasteiger partial charge in [-0.1, -0.05) is 42.8 Å². The molecular weight excluding hydrogens is 1490 g/mol. The van der Waals surface area contributed by atoms with Crippen molar-refractivity contribution >= 4 is 89.9 Å². The molecule has 0 radical (unpaired) electrons.